The topological polar surface area (TPSA) is 62.5 Å². The summed E-state index contributed by atoms with van der Waals surface area (Å²) in [6.07, 6.45) is -3.59. The number of hydrogen-bond acceptors (Lipinski definition) is 3. The monoisotopic (exact) mass is 306 g/mol. The van der Waals surface area contributed by atoms with Gasteiger partial charge < -0.3 is 14.6 Å². The van der Waals surface area contributed by atoms with E-state index in [2.05, 4.69) is 0 Å². The van der Waals surface area contributed by atoms with E-state index >= 15 is 0 Å². The summed E-state index contributed by atoms with van der Waals surface area (Å²) in [5, 5.41) is 8.91. The van der Waals surface area contributed by atoms with Crippen LogP contribution in [0, 0.1) is 0 Å². The second-order valence-electron chi connectivity index (χ2n) is 5.02. The van der Waals surface area contributed by atoms with Crippen molar-refractivity contribution in [3.63, 3.8) is 0 Å². The Kier molecular flexibility index (Phi) is 5.16. The Morgan fingerprint density at radius 3 is 2.43 bits per heavy atom. The van der Waals surface area contributed by atoms with E-state index in [1.807, 2.05) is 0 Å². The maximum absolute atomic E-state index is 13.0. The van der Waals surface area contributed by atoms with Crippen molar-refractivity contribution in [3.05, 3.63) is 33.7 Å². The zero-order valence-electron chi connectivity index (χ0n) is 11.9. The van der Waals surface area contributed by atoms with Gasteiger partial charge in [-0.1, -0.05) is 0 Å². The minimum Gasteiger partial charge on any atom is -0.480 e. The Labute approximate surface area is 119 Å². The maximum atomic E-state index is 13.0. The smallest absolute Gasteiger partial charge is 0.416 e. The number of carbonyl (C=O) groups is 1. The van der Waals surface area contributed by atoms with Gasteiger partial charge in [-0.25, -0.2) is 4.79 Å². The van der Waals surface area contributed by atoms with Crippen molar-refractivity contribution in [1.29, 1.82) is 0 Å². The number of nitrogens with zero attached hydrogens (tertiary/aromatic N) is 2. The first-order valence-electron chi connectivity index (χ1n) is 6.24. The fourth-order valence-electron chi connectivity index (χ4n) is 1.82. The molecule has 0 aromatic carbocycles. The van der Waals surface area contributed by atoms with Crippen LogP contribution in [0.1, 0.15) is 24.1 Å². The zero-order chi connectivity index (χ0) is 16.4. The van der Waals surface area contributed by atoms with Crippen LogP contribution in [-0.2, 0) is 17.4 Å². The fourth-order valence-corrected chi connectivity index (χ4v) is 1.82. The zero-order valence-corrected chi connectivity index (χ0v) is 11.9. The number of halogens is 3. The van der Waals surface area contributed by atoms with Gasteiger partial charge in [0, 0.05) is 18.8 Å². The van der Waals surface area contributed by atoms with Gasteiger partial charge in [0.05, 0.1) is 5.56 Å². The molecule has 0 aliphatic heterocycles. The Bertz CT molecular complexity index is 579. The van der Waals surface area contributed by atoms with E-state index in [-0.39, 0.29) is 12.0 Å². The molecule has 0 bridgehead atoms. The molecule has 5 nitrogen and oxygen atoms in total. The van der Waals surface area contributed by atoms with E-state index < -0.39 is 29.3 Å². The van der Waals surface area contributed by atoms with Crippen molar-refractivity contribution in [2.24, 2.45) is 0 Å². The largest absolute Gasteiger partial charge is 0.480 e. The second-order valence-corrected chi connectivity index (χ2v) is 5.02. The van der Waals surface area contributed by atoms with Gasteiger partial charge in [0.15, 0.2) is 0 Å². The highest BCUT2D eigenvalue weighted by Gasteiger charge is 2.34. The van der Waals surface area contributed by atoms with E-state index in [1.165, 1.54) is 6.92 Å². The number of carboxylic acids is 1. The second kappa shape index (κ2) is 6.30. The van der Waals surface area contributed by atoms with Crippen LogP contribution in [-0.4, -0.2) is 41.2 Å². The molecule has 0 amide bonds. The predicted octanol–water partition coefficient (Wildman–Crippen LogP) is 1.62. The first-order chi connectivity index (χ1) is 9.54. The van der Waals surface area contributed by atoms with Crippen molar-refractivity contribution in [1.82, 2.24) is 9.47 Å². The molecule has 0 spiro atoms. The van der Waals surface area contributed by atoms with E-state index in [1.54, 1.807) is 19.0 Å². The van der Waals surface area contributed by atoms with Crippen LogP contribution in [0.3, 0.4) is 0 Å². The maximum Gasteiger partial charge on any atom is 0.416 e. The Hall–Kier alpha value is -1.83. The van der Waals surface area contributed by atoms with Gasteiger partial charge in [-0.05, 0) is 33.0 Å². The Morgan fingerprint density at radius 2 is 2.00 bits per heavy atom. The third kappa shape index (κ3) is 4.32. The lowest BCUT2D eigenvalue weighted by Crippen LogP contribution is -2.30. The van der Waals surface area contributed by atoms with Gasteiger partial charge >= 0.3 is 12.1 Å². The molecule has 1 rings (SSSR count). The Morgan fingerprint density at radius 1 is 1.43 bits per heavy atom. The summed E-state index contributed by atoms with van der Waals surface area (Å²) in [4.78, 5) is 24.3. The molecular formula is C13H17F3N2O3. The third-order valence-corrected chi connectivity index (χ3v) is 3.07. The average Bonchev–Trinajstić information content (AvgIpc) is 2.34. The summed E-state index contributed by atoms with van der Waals surface area (Å²) in [6, 6.07) is -0.761. The van der Waals surface area contributed by atoms with Crippen molar-refractivity contribution in [3.8, 4) is 0 Å². The molecule has 0 saturated heterocycles. The molecule has 0 radical (unpaired) electrons. The first kappa shape index (κ1) is 17.2. The van der Waals surface area contributed by atoms with Gasteiger partial charge in [0.1, 0.15) is 6.04 Å². The van der Waals surface area contributed by atoms with Crippen molar-refractivity contribution < 1.29 is 23.1 Å². The minimum absolute atomic E-state index is 0.0640. The molecule has 0 aliphatic rings. The number of aromatic nitrogens is 1. The van der Waals surface area contributed by atoms with E-state index in [4.69, 9.17) is 5.11 Å². The molecule has 0 fully saturated rings. The molecular weight excluding hydrogens is 289 g/mol. The molecule has 0 saturated carbocycles. The lowest BCUT2D eigenvalue weighted by atomic mass is 10.1. The molecule has 1 N–H and O–H groups in total. The minimum atomic E-state index is -4.65. The lowest BCUT2D eigenvalue weighted by molar-refractivity contribution is -0.140. The SMILES string of the molecule is CC(C(=O)O)n1cc(CCN(C)C)c(C(F)(F)F)cc1=O. The molecule has 1 aromatic heterocycles. The van der Waals surface area contributed by atoms with Crippen molar-refractivity contribution >= 4 is 5.97 Å². The van der Waals surface area contributed by atoms with Gasteiger partial charge in [-0.2, -0.15) is 13.2 Å². The van der Waals surface area contributed by atoms with Crippen LogP contribution < -0.4 is 5.56 Å². The van der Waals surface area contributed by atoms with E-state index in [0.29, 0.717) is 12.6 Å². The summed E-state index contributed by atoms with van der Waals surface area (Å²) >= 11 is 0. The number of rotatable bonds is 5. The summed E-state index contributed by atoms with van der Waals surface area (Å²) in [7, 11) is 3.42. The van der Waals surface area contributed by atoms with Crippen LogP contribution in [0.5, 0.6) is 0 Å². The number of hydrogen-bond donors (Lipinski definition) is 1. The van der Waals surface area contributed by atoms with Gasteiger partial charge in [-0.15, -0.1) is 0 Å². The summed E-state index contributed by atoms with van der Waals surface area (Å²) in [5.41, 5.74) is -2.09. The number of pyridine rings is 1. The highest BCUT2D eigenvalue weighted by molar-refractivity contribution is 5.71. The normalized spacial score (nSPS) is 13.5. The molecule has 1 aromatic rings. The highest BCUT2D eigenvalue weighted by atomic mass is 19.4. The van der Waals surface area contributed by atoms with Crippen LogP contribution in [0.4, 0.5) is 13.2 Å². The summed E-state index contributed by atoms with van der Waals surface area (Å²) in [6.45, 7) is 1.59. The van der Waals surface area contributed by atoms with E-state index in [0.717, 1.165) is 10.8 Å². The quantitative estimate of drug-likeness (QED) is 0.898. The van der Waals surface area contributed by atoms with Crippen LogP contribution in [0.25, 0.3) is 0 Å². The first-order valence-corrected chi connectivity index (χ1v) is 6.24. The van der Waals surface area contributed by atoms with Crippen LogP contribution in [0.2, 0.25) is 0 Å². The van der Waals surface area contributed by atoms with Crippen molar-refractivity contribution in [2.45, 2.75) is 25.6 Å². The number of carboxylic acid groups (broad SMARTS) is 1. The summed E-state index contributed by atoms with van der Waals surface area (Å²) in [5.74, 6) is -1.28. The molecule has 21 heavy (non-hydrogen) atoms. The number of aliphatic carboxylic acids is 1. The molecule has 1 atom stereocenters. The number of likely N-dealkylation sites (N-methyl/N-ethyl adjacent to an activating group) is 1. The molecule has 0 aliphatic carbocycles. The van der Waals surface area contributed by atoms with E-state index in [9.17, 15) is 22.8 Å². The fraction of sp³-hybridized carbons (Fsp3) is 0.538. The standard InChI is InChI=1S/C13H17F3N2O3/c1-8(12(20)21)18-7-9(4-5-17(2)3)10(6-11(18)19)13(14,15)16/h6-8H,4-5H2,1-3H3,(H,20,21). The molecule has 1 heterocycles. The van der Waals surface area contributed by atoms with Gasteiger partial charge in [-0.3, -0.25) is 4.79 Å². The predicted molar refractivity (Wildman–Crippen MR) is 70.3 cm³/mol. The number of alkyl halides is 3. The van der Waals surface area contributed by atoms with Gasteiger partial charge in [0.25, 0.3) is 5.56 Å². The van der Waals surface area contributed by atoms with Gasteiger partial charge in [0.2, 0.25) is 0 Å². The third-order valence-electron chi connectivity index (χ3n) is 3.07. The van der Waals surface area contributed by atoms with Crippen molar-refractivity contribution in [2.75, 3.05) is 20.6 Å². The average molecular weight is 306 g/mol. The lowest BCUT2D eigenvalue weighted by Gasteiger charge is -2.18. The molecule has 1 unspecified atom stereocenters. The van der Waals surface area contributed by atoms with Crippen LogP contribution in [0.15, 0.2) is 17.1 Å². The molecule has 118 valence electrons. The highest BCUT2D eigenvalue weighted by Crippen LogP contribution is 2.31. The summed E-state index contributed by atoms with van der Waals surface area (Å²) < 4.78 is 39.7. The molecule has 8 heteroatoms. The Balaban J connectivity index is 3.37. The van der Waals surface area contributed by atoms with Crippen LogP contribution >= 0.6 is 0 Å².